The number of rotatable bonds is 4. The number of nitrogens with zero attached hydrogens (tertiary/aromatic N) is 1. The smallest absolute Gasteiger partial charge is 0.407 e. The Balaban J connectivity index is 1.46. The van der Waals surface area contributed by atoms with Gasteiger partial charge < -0.3 is 15.4 Å². The van der Waals surface area contributed by atoms with Crippen LogP contribution in [-0.2, 0) is 4.74 Å². The summed E-state index contributed by atoms with van der Waals surface area (Å²) in [6.07, 6.45) is 3.29. The molecule has 1 aromatic heterocycles. The quantitative estimate of drug-likeness (QED) is 0.755. The van der Waals surface area contributed by atoms with Gasteiger partial charge in [-0.3, -0.25) is 4.79 Å². The Kier molecular flexibility index (Phi) is 6.63. The van der Waals surface area contributed by atoms with E-state index in [2.05, 4.69) is 15.6 Å². The third-order valence-electron chi connectivity index (χ3n) is 5.00. The van der Waals surface area contributed by atoms with Gasteiger partial charge in [-0.1, -0.05) is 17.7 Å². The van der Waals surface area contributed by atoms with Crippen molar-refractivity contribution in [2.24, 2.45) is 5.92 Å². The predicted octanol–water partition coefficient (Wildman–Crippen LogP) is 4.70. The summed E-state index contributed by atoms with van der Waals surface area (Å²) in [5.74, 6) is 0.247. The molecule has 0 bridgehead atoms. The first-order valence-electron chi connectivity index (χ1n) is 10.0. The van der Waals surface area contributed by atoms with E-state index >= 15 is 0 Å². The molecule has 0 atom stereocenters. The van der Waals surface area contributed by atoms with Crippen molar-refractivity contribution >= 4 is 34.5 Å². The fraction of sp³-hybridized carbons (Fsp3) is 0.500. The molecule has 2 amide bonds. The molecule has 1 heterocycles. The van der Waals surface area contributed by atoms with Crippen LogP contribution in [0.1, 0.15) is 56.9 Å². The van der Waals surface area contributed by atoms with Crippen LogP contribution in [0.3, 0.4) is 0 Å². The summed E-state index contributed by atoms with van der Waals surface area (Å²) in [6, 6.07) is 9.14. The van der Waals surface area contributed by atoms with E-state index in [-0.39, 0.29) is 18.0 Å². The highest BCUT2D eigenvalue weighted by atomic mass is 35.5. The molecule has 1 saturated carbocycles. The van der Waals surface area contributed by atoms with Gasteiger partial charge in [-0.25, -0.2) is 9.78 Å². The van der Waals surface area contributed by atoms with Gasteiger partial charge in [0.1, 0.15) is 11.3 Å². The van der Waals surface area contributed by atoms with E-state index < -0.39 is 5.60 Å². The highest BCUT2D eigenvalue weighted by Gasteiger charge is 2.24. The molecule has 29 heavy (non-hydrogen) atoms. The second kappa shape index (κ2) is 8.99. The van der Waals surface area contributed by atoms with Crippen LogP contribution in [0.5, 0.6) is 0 Å². The second-order valence-electron chi connectivity index (χ2n) is 8.61. The number of amides is 2. The van der Waals surface area contributed by atoms with E-state index in [1.54, 1.807) is 12.1 Å². The van der Waals surface area contributed by atoms with Crippen LogP contribution in [0.15, 0.2) is 30.3 Å². The normalized spacial score (nSPS) is 19.6. The molecule has 156 valence electrons. The van der Waals surface area contributed by atoms with Crippen molar-refractivity contribution in [1.29, 1.82) is 0 Å². The third-order valence-corrected chi connectivity index (χ3v) is 5.23. The number of fused-ring (bicyclic) bond motifs is 1. The fourth-order valence-electron chi connectivity index (χ4n) is 3.53. The molecule has 0 unspecified atom stereocenters. The lowest BCUT2D eigenvalue weighted by Crippen LogP contribution is -2.40. The summed E-state index contributed by atoms with van der Waals surface area (Å²) < 4.78 is 5.27. The van der Waals surface area contributed by atoms with Crippen LogP contribution in [0.4, 0.5) is 4.79 Å². The van der Waals surface area contributed by atoms with E-state index in [1.165, 1.54) is 0 Å². The number of benzene rings is 1. The van der Waals surface area contributed by atoms with Crippen LogP contribution in [0.2, 0.25) is 5.02 Å². The van der Waals surface area contributed by atoms with Crippen molar-refractivity contribution in [3.8, 4) is 0 Å². The molecule has 3 rings (SSSR count). The first-order chi connectivity index (χ1) is 13.7. The van der Waals surface area contributed by atoms with Gasteiger partial charge >= 0.3 is 6.09 Å². The molecule has 7 heteroatoms. The maximum Gasteiger partial charge on any atom is 0.407 e. The second-order valence-corrected chi connectivity index (χ2v) is 9.04. The summed E-state index contributed by atoms with van der Waals surface area (Å²) >= 11 is 5.99. The number of hydrogen-bond donors (Lipinski definition) is 2. The van der Waals surface area contributed by atoms with Crippen LogP contribution >= 0.6 is 11.6 Å². The Morgan fingerprint density at radius 3 is 2.55 bits per heavy atom. The highest BCUT2D eigenvalue weighted by molar-refractivity contribution is 6.31. The Hall–Kier alpha value is -2.34. The third kappa shape index (κ3) is 6.32. The lowest BCUT2D eigenvalue weighted by molar-refractivity contribution is 0.0514. The van der Waals surface area contributed by atoms with Crippen molar-refractivity contribution in [1.82, 2.24) is 15.6 Å². The molecule has 1 aliphatic carbocycles. The summed E-state index contributed by atoms with van der Waals surface area (Å²) in [7, 11) is 0. The zero-order valence-corrected chi connectivity index (χ0v) is 17.9. The lowest BCUT2D eigenvalue weighted by Gasteiger charge is -2.29. The molecule has 2 aromatic rings. The van der Waals surface area contributed by atoms with Crippen LogP contribution in [0, 0.1) is 5.92 Å². The number of aromatic nitrogens is 1. The molecular formula is C22H28ClN3O3. The molecule has 1 aliphatic rings. The van der Waals surface area contributed by atoms with Gasteiger partial charge in [-0.05, 0) is 76.6 Å². The summed E-state index contributed by atoms with van der Waals surface area (Å²) in [5.41, 5.74) is 0.669. The largest absolute Gasteiger partial charge is 0.444 e. The molecular weight excluding hydrogens is 390 g/mol. The summed E-state index contributed by atoms with van der Waals surface area (Å²) in [5, 5.41) is 7.49. The van der Waals surface area contributed by atoms with Gasteiger partial charge in [0.15, 0.2) is 0 Å². The zero-order valence-electron chi connectivity index (χ0n) is 17.1. The van der Waals surface area contributed by atoms with Gasteiger partial charge in [0, 0.05) is 23.0 Å². The van der Waals surface area contributed by atoms with Crippen LogP contribution in [0.25, 0.3) is 10.9 Å². The Morgan fingerprint density at radius 2 is 1.86 bits per heavy atom. The van der Waals surface area contributed by atoms with Crippen molar-refractivity contribution in [2.75, 3.05) is 6.54 Å². The number of carbonyl (C=O) groups excluding carboxylic acids is 2. The molecule has 1 fully saturated rings. The van der Waals surface area contributed by atoms with Gasteiger partial charge in [0.05, 0.1) is 5.52 Å². The Morgan fingerprint density at radius 1 is 1.14 bits per heavy atom. The van der Waals surface area contributed by atoms with E-state index in [4.69, 9.17) is 16.3 Å². The monoisotopic (exact) mass is 417 g/mol. The maximum absolute atomic E-state index is 12.6. The molecule has 0 spiro atoms. The minimum Gasteiger partial charge on any atom is -0.444 e. The minimum absolute atomic E-state index is 0.128. The summed E-state index contributed by atoms with van der Waals surface area (Å²) in [6.45, 7) is 6.14. The Labute approximate surface area is 176 Å². The number of pyridine rings is 1. The maximum atomic E-state index is 12.6. The number of carbonyl (C=O) groups is 2. The minimum atomic E-state index is -0.491. The standard InChI is InChI=1S/C22H28ClN3O3/c1-22(2,3)29-21(28)24-13-14-4-8-17(9-5-14)25-20(27)19-10-6-15-12-16(23)7-11-18(15)26-19/h6-7,10-12,14,17H,4-5,8-9,13H2,1-3H3,(H,24,28)(H,25,27)/t14-,17-. The molecule has 0 aliphatic heterocycles. The van der Waals surface area contributed by atoms with Gasteiger partial charge in [0.25, 0.3) is 5.91 Å². The zero-order chi connectivity index (χ0) is 21.0. The summed E-state index contributed by atoms with van der Waals surface area (Å²) in [4.78, 5) is 28.8. The van der Waals surface area contributed by atoms with E-state index in [9.17, 15) is 9.59 Å². The van der Waals surface area contributed by atoms with Crippen molar-refractivity contribution in [2.45, 2.75) is 58.1 Å². The van der Waals surface area contributed by atoms with Crippen molar-refractivity contribution in [3.63, 3.8) is 0 Å². The van der Waals surface area contributed by atoms with Crippen molar-refractivity contribution < 1.29 is 14.3 Å². The van der Waals surface area contributed by atoms with Gasteiger partial charge in [-0.2, -0.15) is 0 Å². The number of halogens is 1. The topological polar surface area (TPSA) is 80.3 Å². The molecule has 2 N–H and O–H groups in total. The van der Waals surface area contributed by atoms with Crippen molar-refractivity contribution in [3.05, 3.63) is 41.0 Å². The number of ether oxygens (including phenoxy) is 1. The van der Waals surface area contributed by atoms with Crippen LogP contribution < -0.4 is 10.6 Å². The molecule has 6 nitrogen and oxygen atoms in total. The average molecular weight is 418 g/mol. The first kappa shape index (κ1) is 21.4. The number of hydrogen-bond acceptors (Lipinski definition) is 4. The van der Waals surface area contributed by atoms with E-state index in [1.807, 2.05) is 39.0 Å². The lowest BCUT2D eigenvalue weighted by atomic mass is 9.86. The average Bonchev–Trinajstić information content (AvgIpc) is 2.65. The Bertz CT molecular complexity index is 886. The fourth-order valence-corrected chi connectivity index (χ4v) is 3.72. The first-order valence-corrected chi connectivity index (χ1v) is 10.4. The van der Waals surface area contributed by atoms with Gasteiger partial charge in [-0.15, -0.1) is 0 Å². The van der Waals surface area contributed by atoms with Gasteiger partial charge in [0.2, 0.25) is 0 Å². The van der Waals surface area contributed by atoms with E-state index in [0.717, 1.165) is 36.6 Å². The predicted molar refractivity (Wildman–Crippen MR) is 114 cm³/mol. The number of nitrogens with one attached hydrogen (secondary N) is 2. The van der Waals surface area contributed by atoms with Crippen LogP contribution in [-0.4, -0.2) is 35.2 Å². The van der Waals surface area contributed by atoms with E-state index in [0.29, 0.717) is 23.2 Å². The number of alkyl carbamates (subject to hydrolysis) is 1. The SMILES string of the molecule is CC(C)(C)OC(=O)NC[C@H]1CC[C@H](NC(=O)c2ccc3cc(Cl)ccc3n2)CC1. The highest BCUT2D eigenvalue weighted by Crippen LogP contribution is 2.24. The molecule has 1 aromatic carbocycles. The molecule has 0 saturated heterocycles. The molecule has 0 radical (unpaired) electrons.